The lowest BCUT2D eigenvalue weighted by molar-refractivity contribution is 0.425. The quantitative estimate of drug-likeness (QED) is 0.753. The van der Waals surface area contributed by atoms with E-state index in [2.05, 4.69) is 26.1 Å². The molecule has 62 valence electrons. The van der Waals surface area contributed by atoms with Crippen LogP contribution in [0, 0.1) is 6.92 Å². The van der Waals surface area contributed by atoms with E-state index in [9.17, 15) is 0 Å². The van der Waals surface area contributed by atoms with Gasteiger partial charge in [-0.05, 0) is 34.1 Å². The molecule has 0 saturated heterocycles. The molecular formula is C7H5BrN2O2. The van der Waals surface area contributed by atoms with Crippen LogP contribution in [0.3, 0.4) is 0 Å². The van der Waals surface area contributed by atoms with E-state index < -0.39 is 0 Å². The van der Waals surface area contributed by atoms with Gasteiger partial charge in [-0.15, -0.1) is 0 Å². The molecule has 0 fully saturated rings. The number of nitrogens with zero attached hydrogens (tertiary/aromatic N) is 2. The average molecular weight is 229 g/mol. The smallest absolute Gasteiger partial charge is 0.261 e. The third kappa shape index (κ3) is 1.27. The first kappa shape index (κ1) is 7.54. The Morgan fingerprint density at radius 1 is 1.50 bits per heavy atom. The zero-order valence-corrected chi connectivity index (χ0v) is 7.83. The minimum Gasteiger partial charge on any atom is -0.469 e. The number of halogens is 1. The van der Waals surface area contributed by atoms with Crippen molar-refractivity contribution >= 4 is 15.9 Å². The van der Waals surface area contributed by atoms with Crippen molar-refractivity contribution in [3.05, 3.63) is 22.8 Å². The summed E-state index contributed by atoms with van der Waals surface area (Å²) in [6.07, 6.45) is 1.58. The van der Waals surface area contributed by atoms with E-state index in [4.69, 9.17) is 8.94 Å². The monoisotopic (exact) mass is 228 g/mol. The second-order valence-electron chi connectivity index (χ2n) is 2.31. The van der Waals surface area contributed by atoms with Crippen molar-refractivity contribution < 1.29 is 8.94 Å². The van der Waals surface area contributed by atoms with Crippen LogP contribution < -0.4 is 0 Å². The molecule has 2 aromatic rings. The van der Waals surface area contributed by atoms with E-state index >= 15 is 0 Å². The molecule has 2 heterocycles. The summed E-state index contributed by atoms with van der Waals surface area (Å²) in [5.74, 6) is 1.28. The first-order chi connectivity index (χ1) is 5.75. The fraction of sp³-hybridized carbons (Fsp3) is 0.143. The first-order valence-electron chi connectivity index (χ1n) is 3.30. The van der Waals surface area contributed by atoms with Gasteiger partial charge in [-0.3, -0.25) is 0 Å². The molecule has 0 aliphatic heterocycles. The van der Waals surface area contributed by atoms with Gasteiger partial charge in [0.1, 0.15) is 12.0 Å². The standard InChI is InChI=1S/C7H5BrN2O2/c1-4-2-5(3-11-4)6-9-7(8)10-12-6/h2-3H,1H3. The van der Waals surface area contributed by atoms with Crippen molar-refractivity contribution in [2.75, 3.05) is 0 Å². The molecule has 0 aromatic carbocycles. The molecular weight excluding hydrogens is 224 g/mol. The largest absolute Gasteiger partial charge is 0.469 e. The molecule has 0 atom stereocenters. The van der Waals surface area contributed by atoms with Crippen LogP contribution in [0.5, 0.6) is 0 Å². The normalized spacial score (nSPS) is 10.5. The van der Waals surface area contributed by atoms with E-state index in [-0.39, 0.29) is 0 Å². The van der Waals surface area contributed by atoms with Crippen LogP contribution in [0.1, 0.15) is 5.76 Å². The second-order valence-corrected chi connectivity index (χ2v) is 3.02. The molecule has 0 amide bonds. The van der Waals surface area contributed by atoms with Gasteiger partial charge in [0.2, 0.25) is 4.73 Å². The Kier molecular flexibility index (Phi) is 1.73. The van der Waals surface area contributed by atoms with Gasteiger partial charge in [0, 0.05) is 0 Å². The van der Waals surface area contributed by atoms with Gasteiger partial charge in [-0.25, -0.2) is 0 Å². The van der Waals surface area contributed by atoms with Gasteiger partial charge in [0.05, 0.1) is 5.56 Å². The van der Waals surface area contributed by atoms with Crippen LogP contribution in [0.25, 0.3) is 11.5 Å². The Hall–Kier alpha value is -1.10. The van der Waals surface area contributed by atoms with Crippen molar-refractivity contribution in [3.8, 4) is 11.5 Å². The first-order valence-corrected chi connectivity index (χ1v) is 4.10. The zero-order chi connectivity index (χ0) is 8.55. The van der Waals surface area contributed by atoms with Crippen molar-refractivity contribution in [3.63, 3.8) is 0 Å². The van der Waals surface area contributed by atoms with Gasteiger partial charge in [-0.2, -0.15) is 4.98 Å². The van der Waals surface area contributed by atoms with Crippen LogP contribution in [0.4, 0.5) is 0 Å². The Balaban J connectivity index is 2.43. The lowest BCUT2D eigenvalue weighted by Crippen LogP contribution is -1.70. The van der Waals surface area contributed by atoms with Crippen molar-refractivity contribution in [1.29, 1.82) is 0 Å². The third-order valence-corrected chi connectivity index (χ3v) is 1.70. The molecule has 5 heteroatoms. The Labute approximate surface area is 76.7 Å². The van der Waals surface area contributed by atoms with Crippen molar-refractivity contribution in [1.82, 2.24) is 10.1 Å². The predicted octanol–water partition coefficient (Wildman–Crippen LogP) is 2.40. The number of rotatable bonds is 1. The maximum absolute atomic E-state index is 5.09. The highest BCUT2D eigenvalue weighted by Gasteiger charge is 2.08. The maximum Gasteiger partial charge on any atom is 0.261 e. The topological polar surface area (TPSA) is 52.1 Å². The molecule has 0 unspecified atom stereocenters. The number of aryl methyl sites for hydroxylation is 1. The van der Waals surface area contributed by atoms with Crippen LogP contribution in [0.15, 0.2) is 26.0 Å². The van der Waals surface area contributed by atoms with Crippen molar-refractivity contribution in [2.45, 2.75) is 6.92 Å². The third-order valence-electron chi connectivity index (χ3n) is 1.38. The molecule has 2 aromatic heterocycles. The number of aromatic nitrogens is 2. The summed E-state index contributed by atoms with van der Waals surface area (Å²) in [7, 11) is 0. The number of furan rings is 1. The molecule has 0 aliphatic rings. The predicted molar refractivity (Wildman–Crippen MR) is 44.4 cm³/mol. The summed E-state index contributed by atoms with van der Waals surface area (Å²) in [4.78, 5) is 3.97. The van der Waals surface area contributed by atoms with E-state index in [0.29, 0.717) is 10.6 Å². The Morgan fingerprint density at radius 2 is 2.33 bits per heavy atom. The summed E-state index contributed by atoms with van der Waals surface area (Å²) >= 11 is 3.09. The SMILES string of the molecule is Cc1cc(-c2nc(Br)no2)co1. The van der Waals surface area contributed by atoms with E-state index in [1.807, 2.05) is 13.0 Å². The highest BCUT2D eigenvalue weighted by Crippen LogP contribution is 2.20. The van der Waals surface area contributed by atoms with E-state index in [1.165, 1.54) is 0 Å². The molecule has 0 radical (unpaired) electrons. The molecule has 0 bridgehead atoms. The summed E-state index contributed by atoms with van der Waals surface area (Å²) in [5.41, 5.74) is 0.797. The van der Waals surface area contributed by atoms with Gasteiger partial charge in [0.25, 0.3) is 5.89 Å². The summed E-state index contributed by atoms with van der Waals surface area (Å²) in [6, 6.07) is 1.83. The van der Waals surface area contributed by atoms with Gasteiger partial charge >= 0.3 is 0 Å². The Morgan fingerprint density at radius 3 is 2.83 bits per heavy atom. The van der Waals surface area contributed by atoms with Crippen LogP contribution in [0.2, 0.25) is 0 Å². The van der Waals surface area contributed by atoms with E-state index in [1.54, 1.807) is 6.26 Å². The van der Waals surface area contributed by atoms with Crippen LogP contribution in [-0.2, 0) is 0 Å². The number of hydrogen-bond acceptors (Lipinski definition) is 4. The molecule has 2 rings (SSSR count). The lowest BCUT2D eigenvalue weighted by atomic mass is 10.3. The lowest BCUT2D eigenvalue weighted by Gasteiger charge is -1.79. The van der Waals surface area contributed by atoms with Gasteiger partial charge in [0.15, 0.2) is 0 Å². The Bertz CT molecular complexity index is 355. The zero-order valence-electron chi connectivity index (χ0n) is 6.24. The van der Waals surface area contributed by atoms with Crippen molar-refractivity contribution in [2.24, 2.45) is 0 Å². The fourth-order valence-corrected chi connectivity index (χ4v) is 1.11. The average Bonchev–Trinajstić information content (AvgIpc) is 2.58. The highest BCUT2D eigenvalue weighted by atomic mass is 79.9. The van der Waals surface area contributed by atoms with Crippen LogP contribution in [-0.4, -0.2) is 10.1 Å². The molecule has 12 heavy (non-hydrogen) atoms. The second kappa shape index (κ2) is 2.75. The van der Waals surface area contributed by atoms with Crippen LogP contribution >= 0.6 is 15.9 Å². The number of hydrogen-bond donors (Lipinski definition) is 0. The summed E-state index contributed by atoms with van der Waals surface area (Å²) in [5, 5.41) is 3.59. The summed E-state index contributed by atoms with van der Waals surface area (Å²) < 4.78 is 10.4. The molecule has 0 spiro atoms. The molecule has 0 N–H and O–H groups in total. The van der Waals surface area contributed by atoms with Gasteiger partial charge < -0.3 is 8.94 Å². The molecule has 4 nitrogen and oxygen atoms in total. The minimum absolute atomic E-state index is 0.441. The highest BCUT2D eigenvalue weighted by molar-refractivity contribution is 9.10. The van der Waals surface area contributed by atoms with E-state index in [0.717, 1.165) is 11.3 Å². The minimum atomic E-state index is 0.441. The molecule has 0 saturated carbocycles. The maximum atomic E-state index is 5.09. The summed E-state index contributed by atoms with van der Waals surface area (Å²) in [6.45, 7) is 1.86. The fourth-order valence-electron chi connectivity index (χ4n) is 0.878. The van der Waals surface area contributed by atoms with Gasteiger partial charge in [-0.1, -0.05) is 0 Å². The molecule has 0 aliphatic carbocycles.